The molecule has 0 aromatic carbocycles. The number of carbonyl (C=O) groups excluding carboxylic acids is 1. The number of carboxylic acids is 1. The van der Waals surface area contributed by atoms with Crippen LogP contribution in [-0.4, -0.2) is 44.8 Å². The number of aromatic nitrogens is 2. The average molecular weight is 319 g/mol. The van der Waals surface area contributed by atoms with Gasteiger partial charge in [-0.25, -0.2) is 4.79 Å². The van der Waals surface area contributed by atoms with Gasteiger partial charge in [0, 0.05) is 19.3 Å². The Labute approximate surface area is 132 Å². The Morgan fingerprint density at radius 3 is 2.91 bits per heavy atom. The first-order valence-corrected chi connectivity index (χ1v) is 8.05. The molecule has 0 radical (unpaired) electrons. The standard InChI is InChI=1S/C15H17N3O3S/c1-10-4-6-22-13(10)14(19)17-5-2-3-12(9-17)18-8-11(7-16-18)15(20)21/h4,6-8,12H,2-3,5,9H2,1H3,(H,20,21)/t12-/m1/s1. The smallest absolute Gasteiger partial charge is 0.338 e. The van der Waals surface area contributed by atoms with E-state index in [2.05, 4.69) is 5.10 Å². The Morgan fingerprint density at radius 1 is 1.45 bits per heavy atom. The molecule has 22 heavy (non-hydrogen) atoms. The van der Waals surface area contributed by atoms with Gasteiger partial charge in [-0.15, -0.1) is 11.3 Å². The number of rotatable bonds is 3. The number of carbonyl (C=O) groups is 2. The van der Waals surface area contributed by atoms with Crippen LogP contribution in [0.2, 0.25) is 0 Å². The Balaban J connectivity index is 1.75. The summed E-state index contributed by atoms with van der Waals surface area (Å²) in [6.07, 6.45) is 4.68. The predicted molar refractivity (Wildman–Crippen MR) is 82.4 cm³/mol. The number of likely N-dealkylation sites (tertiary alicyclic amines) is 1. The van der Waals surface area contributed by atoms with Crippen LogP contribution in [0.4, 0.5) is 0 Å². The van der Waals surface area contributed by atoms with Gasteiger partial charge in [-0.1, -0.05) is 0 Å². The zero-order valence-electron chi connectivity index (χ0n) is 12.2. The number of aryl methyl sites for hydroxylation is 1. The highest BCUT2D eigenvalue weighted by molar-refractivity contribution is 7.12. The molecular weight excluding hydrogens is 302 g/mol. The molecule has 3 rings (SSSR count). The van der Waals surface area contributed by atoms with E-state index in [0.717, 1.165) is 29.8 Å². The summed E-state index contributed by atoms with van der Waals surface area (Å²) in [5.41, 5.74) is 1.18. The van der Waals surface area contributed by atoms with Crippen LogP contribution in [0.25, 0.3) is 0 Å². The summed E-state index contributed by atoms with van der Waals surface area (Å²) in [6.45, 7) is 3.24. The van der Waals surface area contributed by atoms with E-state index in [-0.39, 0.29) is 17.5 Å². The molecule has 1 fully saturated rings. The summed E-state index contributed by atoms with van der Waals surface area (Å²) in [5.74, 6) is -0.924. The van der Waals surface area contributed by atoms with Gasteiger partial charge in [-0.2, -0.15) is 5.10 Å². The molecule has 1 atom stereocenters. The average Bonchev–Trinajstić information content (AvgIpc) is 3.15. The second-order valence-electron chi connectivity index (χ2n) is 5.49. The zero-order valence-corrected chi connectivity index (χ0v) is 13.0. The summed E-state index contributed by atoms with van der Waals surface area (Å²) in [6, 6.07) is 1.98. The van der Waals surface area contributed by atoms with Crippen LogP contribution < -0.4 is 0 Å². The molecule has 1 amide bonds. The van der Waals surface area contributed by atoms with Gasteiger partial charge >= 0.3 is 5.97 Å². The second-order valence-corrected chi connectivity index (χ2v) is 6.41. The van der Waals surface area contributed by atoms with Crippen LogP contribution in [-0.2, 0) is 0 Å². The van der Waals surface area contributed by atoms with E-state index in [1.165, 1.54) is 23.7 Å². The van der Waals surface area contributed by atoms with Crippen molar-refractivity contribution < 1.29 is 14.7 Å². The topological polar surface area (TPSA) is 75.4 Å². The summed E-state index contributed by atoms with van der Waals surface area (Å²) in [5, 5.41) is 15.0. The van der Waals surface area contributed by atoms with Crippen LogP contribution >= 0.6 is 11.3 Å². The van der Waals surface area contributed by atoms with Crippen molar-refractivity contribution in [3.05, 3.63) is 39.8 Å². The first-order chi connectivity index (χ1) is 10.6. The number of amides is 1. The Hall–Kier alpha value is -2.15. The first kappa shape index (κ1) is 14.8. The highest BCUT2D eigenvalue weighted by atomic mass is 32.1. The maximum atomic E-state index is 12.6. The number of hydrogen-bond donors (Lipinski definition) is 1. The number of thiophene rings is 1. The lowest BCUT2D eigenvalue weighted by atomic mass is 10.1. The largest absolute Gasteiger partial charge is 0.478 e. The lowest BCUT2D eigenvalue weighted by Gasteiger charge is -2.32. The third-order valence-electron chi connectivity index (χ3n) is 3.96. The SMILES string of the molecule is Cc1ccsc1C(=O)N1CCC[C@@H](n2cc(C(=O)O)cn2)C1. The monoisotopic (exact) mass is 319 g/mol. The Morgan fingerprint density at radius 2 is 2.27 bits per heavy atom. The van der Waals surface area contributed by atoms with Crippen LogP contribution in [0.3, 0.4) is 0 Å². The molecule has 6 nitrogen and oxygen atoms in total. The van der Waals surface area contributed by atoms with E-state index in [0.29, 0.717) is 6.54 Å². The second kappa shape index (κ2) is 5.92. The molecule has 116 valence electrons. The molecule has 7 heteroatoms. The van der Waals surface area contributed by atoms with Gasteiger partial charge in [-0.05, 0) is 36.8 Å². The minimum absolute atomic E-state index is 0.0334. The number of piperidine rings is 1. The minimum atomic E-state index is -0.982. The molecule has 0 spiro atoms. The fraction of sp³-hybridized carbons (Fsp3) is 0.400. The van der Waals surface area contributed by atoms with Crippen molar-refractivity contribution in [3.63, 3.8) is 0 Å². The van der Waals surface area contributed by atoms with Gasteiger partial charge in [0.25, 0.3) is 5.91 Å². The van der Waals surface area contributed by atoms with Gasteiger partial charge in [0.05, 0.1) is 22.7 Å². The fourth-order valence-corrected chi connectivity index (χ4v) is 3.63. The molecule has 2 aromatic rings. The van der Waals surface area contributed by atoms with Crippen molar-refractivity contribution in [2.75, 3.05) is 13.1 Å². The fourth-order valence-electron chi connectivity index (χ4n) is 2.74. The van der Waals surface area contributed by atoms with Crippen LogP contribution in [0.5, 0.6) is 0 Å². The number of nitrogens with zero attached hydrogens (tertiary/aromatic N) is 3. The molecule has 0 bridgehead atoms. The van der Waals surface area contributed by atoms with Crippen molar-refractivity contribution in [2.24, 2.45) is 0 Å². The van der Waals surface area contributed by atoms with E-state index < -0.39 is 5.97 Å². The summed E-state index contributed by atoms with van der Waals surface area (Å²) >= 11 is 1.47. The summed E-state index contributed by atoms with van der Waals surface area (Å²) in [7, 11) is 0. The van der Waals surface area contributed by atoms with Gasteiger partial charge in [-0.3, -0.25) is 9.48 Å². The molecule has 0 saturated carbocycles. The lowest BCUT2D eigenvalue weighted by Crippen LogP contribution is -2.40. The van der Waals surface area contributed by atoms with E-state index in [1.807, 2.05) is 23.3 Å². The molecule has 1 saturated heterocycles. The van der Waals surface area contributed by atoms with E-state index in [9.17, 15) is 9.59 Å². The number of hydrogen-bond acceptors (Lipinski definition) is 4. The third kappa shape index (κ3) is 2.76. The summed E-state index contributed by atoms with van der Waals surface area (Å²) in [4.78, 5) is 26.2. The van der Waals surface area contributed by atoms with Crippen molar-refractivity contribution in [3.8, 4) is 0 Å². The quantitative estimate of drug-likeness (QED) is 0.943. The molecule has 0 aliphatic carbocycles. The molecule has 1 aliphatic rings. The van der Waals surface area contributed by atoms with Crippen LogP contribution in [0.15, 0.2) is 23.8 Å². The zero-order chi connectivity index (χ0) is 15.7. The number of aromatic carboxylic acids is 1. The van der Waals surface area contributed by atoms with Crippen molar-refractivity contribution >= 4 is 23.2 Å². The van der Waals surface area contributed by atoms with E-state index >= 15 is 0 Å². The Kier molecular flexibility index (Phi) is 3.98. The van der Waals surface area contributed by atoms with Gasteiger partial charge in [0.1, 0.15) is 0 Å². The van der Waals surface area contributed by atoms with Crippen molar-refractivity contribution in [1.82, 2.24) is 14.7 Å². The van der Waals surface area contributed by atoms with Gasteiger partial charge in [0.15, 0.2) is 0 Å². The molecular formula is C15H17N3O3S. The van der Waals surface area contributed by atoms with Crippen LogP contribution in [0.1, 0.15) is 44.5 Å². The van der Waals surface area contributed by atoms with Crippen LogP contribution in [0, 0.1) is 6.92 Å². The van der Waals surface area contributed by atoms with E-state index in [1.54, 1.807) is 4.68 Å². The summed E-state index contributed by atoms with van der Waals surface area (Å²) < 4.78 is 1.67. The van der Waals surface area contributed by atoms with Gasteiger partial charge in [0.2, 0.25) is 0 Å². The molecule has 2 aromatic heterocycles. The molecule has 1 N–H and O–H groups in total. The highest BCUT2D eigenvalue weighted by Crippen LogP contribution is 2.25. The molecule has 0 unspecified atom stereocenters. The van der Waals surface area contributed by atoms with Crippen molar-refractivity contribution in [1.29, 1.82) is 0 Å². The minimum Gasteiger partial charge on any atom is -0.478 e. The highest BCUT2D eigenvalue weighted by Gasteiger charge is 2.27. The van der Waals surface area contributed by atoms with Gasteiger partial charge < -0.3 is 10.0 Å². The Bertz CT molecular complexity index is 706. The lowest BCUT2D eigenvalue weighted by molar-refractivity contribution is 0.0669. The first-order valence-electron chi connectivity index (χ1n) is 7.17. The molecule has 1 aliphatic heterocycles. The maximum Gasteiger partial charge on any atom is 0.338 e. The normalized spacial score (nSPS) is 18.4. The third-order valence-corrected chi connectivity index (χ3v) is 4.97. The molecule has 3 heterocycles. The predicted octanol–water partition coefficient (Wildman–Crippen LogP) is 2.43. The van der Waals surface area contributed by atoms with Crippen molar-refractivity contribution in [2.45, 2.75) is 25.8 Å². The number of carboxylic acid groups (broad SMARTS) is 1. The van der Waals surface area contributed by atoms with E-state index in [4.69, 9.17) is 5.11 Å². The maximum absolute atomic E-state index is 12.6.